The largest absolute Gasteiger partial charge is 0.481 e. The molecule has 9 heteroatoms. The molecular weight excluding hydrogens is 424 g/mol. The van der Waals surface area contributed by atoms with Crippen LogP contribution in [0.5, 0.6) is 0 Å². The van der Waals surface area contributed by atoms with Crippen LogP contribution in [0.4, 0.5) is 0 Å². The Morgan fingerprint density at radius 2 is 1.75 bits per heavy atom. The molecule has 3 aromatic heterocycles. The Hall–Kier alpha value is -3.72. The van der Waals surface area contributed by atoms with Crippen LogP contribution in [-0.2, 0) is 4.79 Å². The lowest BCUT2D eigenvalue weighted by molar-refractivity contribution is -0.137. The van der Waals surface area contributed by atoms with Gasteiger partial charge in [0.1, 0.15) is 16.9 Å². The van der Waals surface area contributed by atoms with Crippen molar-refractivity contribution in [3.05, 3.63) is 75.9 Å². The van der Waals surface area contributed by atoms with Crippen molar-refractivity contribution in [3.8, 4) is 16.4 Å². The second kappa shape index (κ2) is 7.76. The first-order chi connectivity index (χ1) is 15.4. The van der Waals surface area contributed by atoms with Crippen LogP contribution in [0.1, 0.15) is 45.7 Å². The molecule has 0 unspecified atom stereocenters. The third-order valence-electron chi connectivity index (χ3n) is 5.59. The summed E-state index contributed by atoms with van der Waals surface area (Å²) in [6, 6.07) is 9.04. The molecule has 0 bridgehead atoms. The number of carboxylic acid groups (broad SMARTS) is 1. The zero-order chi connectivity index (χ0) is 22.4. The molecule has 0 aliphatic carbocycles. The molecule has 1 aliphatic heterocycles. The topological polar surface area (TPSA) is 106 Å². The van der Waals surface area contributed by atoms with E-state index in [1.54, 1.807) is 29.8 Å². The van der Waals surface area contributed by atoms with E-state index in [1.165, 1.54) is 4.88 Å². The van der Waals surface area contributed by atoms with Crippen molar-refractivity contribution < 1.29 is 9.90 Å². The van der Waals surface area contributed by atoms with E-state index in [-0.39, 0.29) is 6.42 Å². The van der Waals surface area contributed by atoms with E-state index >= 15 is 0 Å². The number of carboxylic acids is 1. The van der Waals surface area contributed by atoms with Gasteiger partial charge in [0, 0.05) is 34.0 Å². The van der Waals surface area contributed by atoms with Crippen LogP contribution in [-0.4, -0.2) is 41.5 Å². The summed E-state index contributed by atoms with van der Waals surface area (Å²) in [5, 5.41) is 19.0. The number of carbonyl (C=O) groups is 1. The average molecular weight is 445 g/mol. The molecule has 0 fully saturated rings. The molecule has 160 valence electrons. The third kappa shape index (κ3) is 3.31. The molecule has 0 spiro atoms. The molecule has 0 radical (unpaired) electrons. The number of nitrogens with zero attached hydrogens (tertiary/aromatic N) is 6. The van der Waals surface area contributed by atoms with Crippen molar-refractivity contribution >= 4 is 23.0 Å². The summed E-state index contributed by atoms with van der Waals surface area (Å²) < 4.78 is 1.95. The van der Waals surface area contributed by atoms with E-state index in [9.17, 15) is 9.90 Å². The average Bonchev–Trinajstić information content (AvgIpc) is 3.26. The minimum atomic E-state index is -0.931. The lowest BCUT2D eigenvalue weighted by Gasteiger charge is -2.11. The van der Waals surface area contributed by atoms with Crippen molar-refractivity contribution in [1.29, 1.82) is 0 Å². The summed E-state index contributed by atoms with van der Waals surface area (Å²) in [5.41, 5.74) is 4.68. The minimum absolute atomic E-state index is 0.162. The summed E-state index contributed by atoms with van der Waals surface area (Å²) in [7, 11) is 0. The molecule has 1 aromatic carbocycles. The number of benzene rings is 1. The molecule has 32 heavy (non-hydrogen) atoms. The highest BCUT2D eigenvalue weighted by Gasteiger charge is 2.32. The Balaban J connectivity index is 1.70. The monoisotopic (exact) mass is 444 g/mol. The molecule has 0 saturated carbocycles. The standard InChI is InChI=1S/C23H20N6O2S/c1-12-13(2)32-23-19(12)20(15-5-7-16(8-6-15)21-24-9-4-10-25-21)26-17(11-18(30)31)22-28-27-14(3)29(22)23/h4-10,17H,11H2,1-3H3,(H,30,31)/t17-/m0/s1. The van der Waals surface area contributed by atoms with Crippen molar-refractivity contribution in [2.45, 2.75) is 33.2 Å². The maximum atomic E-state index is 11.6. The maximum absolute atomic E-state index is 11.6. The summed E-state index contributed by atoms with van der Waals surface area (Å²) in [4.78, 5) is 26.4. The predicted molar refractivity (Wildman–Crippen MR) is 122 cm³/mol. The molecule has 1 atom stereocenters. The Labute approximate surface area is 188 Å². The Morgan fingerprint density at radius 1 is 1.06 bits per heavy atom. The summed E-state index contributed by atoms with van der Waals surface area (Å²) in [6.07, 6.45) is 3.26. The number of aliphatic imine (C=N–C) groups is 1. The molecule has 1 N–H and O–H groups in total. The summed E-state index contributed by atoms with van der Waals surface area (Å²) >= 11 is 1.65. The van der Waals surface area contributed by atoms with Crippen LogP contribution in [0.3, 0.4) is 0 Å². The number of aromatic nitrogens is 5. The molecule has 0 amide bonds. The highest BCUT2D eigenvalue weighted by molar-refractivity contribution is 7.15. The zero-order valence-electron chi connectivity index (χ0n) is 17.8. The second-order valence-electron chi connectivity index (χ2n) is 7.65. The van der Waals surface area contributed by atoms with E-state index in [1.807, 2.05) is 35.8 Å². The Bertz CT molecular complexity index is 1360. The molecule has 5 rings (SSSR count). The molecule has 8 nitrogen and oxygen atoms in total. The van der Waals surface area contributed by atoms with Crippen molar-refractivity contribution in [1.82, 2.24) is 24.7 Å². The number of aryl methyl sites for hydroxylation is 2. The number of hydrogen-bond donors (Lipinski definition) is 1. The van der Waals surface area contributed by atoms with E-state index in [0.717, 1.165) is 33.0 Å². The molecule has 0 saturated heterocycles. The van der Waals surface area contributed by atoms with Gasteiger partial charge in [-0.3, -0.25) is 14.4 Å². The predicted octanol–water partition coefficient (Wildman–Crippen LogP) is 4.08. The van der Waals surface area contributed by atoms with Crippen LogP contribution in [0.2, 0.25) is 0 Å². The van der Waals surface area contributed by atoms with E-state index in [2.05, 4.69) is 34.0 Å². The van der Waals surface area contributed by atoms with Gasteiger partial charge in [0.05, 0.1) is 12.1 Å². The van der Waals surface area contributed by atoms with Crippen LogP contribution in [0, 0.1) is 20.8 Å². The van der Waals surface area contributed by atoms with E-state index in [4.69, 9.17) is 4.99 Å². The van der Waals surface area contributed by atoms with E-state index in [0.29, 0.717) is 17.5 Å². The molecule has 4 aromatic rings. The maximum Gasteiger partial charge on any atom is 0.306 e. The Morgan fingerprint density at radius 3 is 2.44 bits per heavy atom. The quantitative estimate of drug-likeness (QED) is 0.508. The number of thiophene rings is 1. The Kier molecular flexibility index (Phi) is 4.90. The van der Waals surface area contributed by atoms with Crippen LogP contribution >= 0.6 is 11.3 Å². The van der Waals surface area contributed by atoms with Crippen LogP contribution in [0.25, 0.3) is 16.4 Å². The van der Waals surface area contributed by atoms with Gasteiger partial charge in [0.25, 0.3) is 0 Å². The molecule has 4 heterocycles. The first kappa shape index (κ1) is 20.2. The van der Waals surface area contributed by atoms with Gasteiger partial charge in [-0.25, -0.2) is 9.97 Å². The van der Waals surface area contributed by atoms with E-state index < -0.39 is 12.0 Å². The first-order valence-corrected chi connectivity index (χ1v) is 11.0. The molecule has 1 aliphatic rings. The van der Waals surface area contributed by atoms with Crippen LogP contribution < -0.4 is 0 Å². The fourth-order valence-corrected chi connectivity index (χ4v) is 5.13. The lowest BCUT2D eigenvalue weighted by atomic mass is 9.98. The van der Waals surface area contributed by atoms with Crippen molar-refractivity contribution in [2.75, 3.05) is 0 Å². The van der Waals surface area contributed by atoms with Gasteiger partial charge in [-0.15, -0.1) is 21.5 Å². The fourth-order valence-electron chi connectivity index (χ4n) is 3.92. The normalized spacial score (nSPS) is 15.0. The van der Waals surface area contributed by atoms with Gasteiger partial charge >= 0.3 is 5.97 Å². The number of hydrogen-bond acceptors (Lipinski definition) is 7. The smallest absolute Gasteiger partial charge is 0.306 e. The van der Waals surface area contributed by atoms with Gasteiger partial charge in [0.15, 0.2) is 11.6 Å². The minimum Gasteiger partial charge on any atom is -0.481 e. The zero-order valence-corrected chi connectivity index (χ0v) is 18.6. The number of fused-ring (bicyclic) bond motifs is 3. The highest BCUT2D eigenvalue weighted by Crippen LogP contribution is 2.39. The van der Waals surface area contributed by atoms with Gasteiger partial charge in [-0.05, 0) is 32.4 Å². The van der Waals surface area contributed by atoms with Crippen molar-refractivity contribution in [2.24, 2.45) is 4.99 Å². The van der Waals surface area contributed by atoms with Gasteiger partial charge in [-0.1, -0.05) is 24.3 Å². The van der Waals surface area contributed by atoms with Crippen molar-refractivity contribution in [3.63, 3.8) is 0 Å². The van der Waals surface area contributed by atoms with Gasteiger partial charge < -0.3 is 5.11 Å². The summed E-state index contributed by atoms with van der Waals surface area (Å²) in [6.45, 7) is 6.03. The third-order valence-corrected chi connectivity index (χ3v) is 6.78. The lowest BCUT2D eigenvalue weighted by Crippen LogP contribution is -2.10. The van der Waals surface area contributed by atoms with Gasteiger partial charge in [-0.2, -0.15) is 0 Å². The summed E-state index contributed by atoms with van der Waals surface area (Å²) in [5.74, 6) is 0.985. The van der Waals surface area contributed by atoms with Gasteiger partial charge in [0.2, 0.25) is 0 Å². The highest BCUT2D eigenvalue weighted by atomic mass is 32.1. The second-order valence-corrected chi connectivity index (χ2v) is 8.85. The number of rotatable bonds is 4. The fraction of sp³-hybridized carbons (Fsp3) is 0.217. The first-order valence-electron chi connectivity index (χ1n) is 10.1. The van der Waals surface area contributed by atoms with Crippen LogP contribution in [0.15, 0.2) is 47.7 Å². The number of aliphatic carboxylic acids is 1. The molecular formula is C23H20N6O2S. The SMILES string of the molecule is Cc1sc2c(c1C)C(c1ccc(-c3ncccn3)cc1)=N[C@@H](CC(=O)O)c1nnc(C)n1-2.